The molecule has 4 nitrogen and oxygen atoms in total. The molecule has 1 aromatic carbocycles. The normalized spacial score (nSPS) is 11.9. The highest BCUT2D eigenvalue weighted by Gasteiger charge is 2.20. The van der Waals surface area contributed by atoms with Gasteiger partial charge in [0.15, 0.2) is 0 Å². The average molecular weight is 363 g/mol. The van der Waals surface area contributed by atoms with Gasteiger partial charge in [-0.15, -0.1) is 0 Å². The van der Waals surface area contributed by atoms with Crippen LogP contribution in [0.25, 0.3) is 0 Å². The van der Waals surface area contributed by atoms with Gasteiger partial charge in [0, 0.05) is 12.7 Å². The lowest BCUT2D eigenvalue weighted by atomic mass is 10.1. The minimum absolute atomic E-state index is 0.135. The lowest BCUT2D eigenvalue weighted by Gasteiger charge is -2.28. The molecule has 0 saturated carbocycles. The van der Waals surface area contributed by atoms with E-state index in [4.69, 9.17) is 18.9 Å². The van der Waals surface area contributed by atoms with E-state index < -0.39 is 0 Å². The van der Waals surface area contributed by atoms with Crippen molar-refractivity contribution < 1.29 is 18.9 Å². The van der Waals surface area contributed by atoms with E-state index in [1.54, 1.807) is 12.2 Å². The lowest BCUT2D eigenvalue weighted by molar-refractivity contribution is -0.0731. The second-order valence-corrected chi connectivity index (χ2v) is 7.77. The Morgan fingerprint density at radius 1 is 0.846 bits per heavy atom. The molecule has 0 amide bonds. The number of hydrogen-bond acceptors (Lipinski definition) is 4. The van der Waals surface area contributed by atoms with Crippen molar-refractivity contribution in [3.63, 3.8) is 0 Å². The fourth-order valence-electron chi connectivity index (χ4n) is 2.14. The van der Waals surface area contributed by atoms with Crippen LogP contribution in [0.4, 0.5) is 0 Å². The molecule has 0 unspecified atom stereocenters. The Kier molecular flexibility index (Phi) is 8.89. The van der Waals surface area contributed by atoms with E-state index in [-0.39, 0.29) is 11.2 Å². The Hall–Kier alpha value is -1.78. The molecule has 4 heteroatoms. The van der Waals surface area contributed by atoms with E-state index in [1.807, 2.05) is 18.2 Å². The maximum Gasteiger partial charge on any atom is 0.123 e. The van der Waals surface area contributed by atoms with Gasteiger partial charge in [0.2, 0.25) is 0 Å². The zero-order valence-electron chi connectivity index (χ0n) is 17.0. The molecule has 0 heterocycles. The van der Waals surface area contributed by atoms with Crippen LogP contribution in [-0.4, -0.2) is 31.0 Å². The topological polar surface area (TPSA) is 36.9 Å². The molecule has 0 atom stereocenters. The third-order valence-corrected chi connectivity index (χ3v) is 3.54. The van der Waals surface area contributed by atoms with Crippen molar-refractivity contribution in [2.45, 2.75) is 58.8 Å². The molecule has 0 spiro atoms. The van der Waals surface area contributed by atoms with Gasteiger partial charge in [-0.2, -0.15) is 0 Å². The Labute approximate surface area is 158 Å². The van der Waals surface area contributed by atoms with Crippen molar-refractivity contribution in [2.75, 3.05) is 19.8 Å². The summed E-state index contributed by atoms with van der Waals surface area (Å²) < 4.78 is 23.2. The van der Waals surface area contributed by atoms with Crippen molar-refractivity contribution in [2.24, 2.45) is 0 Å². The predicted molar refractivity (Wildman–Crippen MR) is 107 cm³/mol. The van der Waals surface area contributed by atoms with Gasteiger partial charge in [0.1, 0.15) is 24.7 Å². The fourth-order valence-corrected chi connectivity index (χ4v) is 2.14. The highest BCUT2D eigenvalue weighted by molar-refractivity contribution is 5.38. The van der Waals surface area contributed by atoms with Gasteiger partial charge in [0.05, 0.1) is 17.8 Å². The van der Waals surface area contributed by atoms with Crippen molar-refractivity contribution >= 4 is 0 Å². The summed E-state index contributed by atoms with van der Waals surface area (Å²) in [7, 11) is 0. The summed E-state index contributed by atoms with van der Waals surface area (Å²) in [5.41, 5.74) is 0.575. The first-order valence-electron chi connectivity index (χ1n) is 9.04. The zero-order chi connectivity index (χ0) is 19.6. The summed E-state index contributed by atoms with van der Waals surface area (Å²) in [6.45, 7) is 19.7. The summed E-state index contributed by atoms with van der Waals surface area (Å²) in [5.74, 6) is 1.47. The number of benzene rings is 1. The van der Waals surface area contributed by atoms with E-state index in [9.17, 15) is 0 Å². The van der Waals surface area contributed by atoms with Crippen LogP contribution in [-0.2, 0) is 16.1 Å². The molecule has 0 aliphatic rings. The van der Waals surface area contributed by atoms with Crippen LogP contribution < -0.4 is 9.47 Å². The maximum absolute atomic E-state index is 6.12. The highest BCUT2D eigenvalue weighted by Crippen LogP contribution is 2.26. The Morgan fingerprint density at radius 2 is 1.38 bits per heavy atom. The molecule has 0 aromatic heterocycles. The van der Waals surface area contributed by atoms with Crippen LogP contribution in [0.5, 0.6) is 11.5 Å². The van der Waals surface area contributed by atoms with E-state index >= 15 is 0 Å². The first-order chi connectivity index (χ1) is 12.1. The summed E-state index contributed by atoms with van der Waals surface area (Å²) in [6, 6.07) is 5.79. The van der Waals surface area contributed by atoms with Crippen LogP contribution in [0, 0.1) is 0 Å². The SMILES string of the molecule is C=CCOc1cc(COC(C)(C)CCOC(C)(C)C)cc(OCC=C)c1. The Balaban J connectivity index is 2.70. The molecular weight excluding hydrogens is 328 g/mol. The molecule has 26 heavy (non-hydrogen) atoms. The Morgan fingerprint density at radius 3 is 1.85 bits per heavy atom. The fraction of sp³-hybridized carbons (Fsp3) is 0.545. The summed E-state index contributed by atoms with van der Waals surface area (Å²) in [6.07, 6.45) is 4.24. The third-order valence-electron chi connectivity index (χ3n) is 3.54. The minimum atomic E-state index is -0.286. The smallest absolute Gasteiger partial charge is 0.123 e. The minimum Gasteiger partial charge on any atom is -0.489 e. The maximum atomic E-state index is 6.12. The molecule has 0 N–H and O–H groups in total. The molecule has 0 aliphatic heterocycles. The molecular formula is C22H34O4. The van der Waals surface area contributed by atoms with E-state index in [0.29, 0.717) is 26.4 Å². The second kappa shape index (κ2) is 10.4. The van der Waals surface area contributed by atoms with Crippen LogP contribution in [0.15, 0.2) is 43.5 Å². The summed E-state index contributed by atoms with van der Waals surface area (Å²) in [4.78, 5) is 0. The molecule has 0 aliphatic carbocycles. The summed E-state index contributed by atoms with van der Waals surface area (Å²) in [5, 5.41) is 0. The van der Waals surface area contributed by atoms with Gasteiger partial charge in [-0.1, -0.05) is 25.3 Å². The molecule has 0 fully saturated rings. The van der Waals surface area contributed by atoms with Crippen molar-refractivity contribution in [3.05, 3.63) is 49.1 Å². The Bertz CT molecular complexity index is 540. The largest absolute Gasteiger partial charge is 0.489 e. The summed E-state index contributed by atoms with van der Waals surface area (Å²) >= 11 is 0. The van der Waals surface area contributed by atoms with E-state index in [1.165, 1.54) is 0 Å². The van der Waals surface area contributed by atoms with E-state index in [0.717, 1.165) is 23.5 Å². The van der Waals surface area contributed by atoms with Crippen molar-refractivity contribution in [3.8, 4) is 11.5 Å². The van der Waals surface area contributed by atoms with E-state index in [2.05, 4.69) is 47.8 Å². The standard InChI is InChI=1S/C22H34O4/c1-8-11-23-19-14-18(15-20(16-19)24-12-9-2)17-26-22(6,7)10-13-25-21(3,4)5/h8-9,14-16H,1-2,10-13,17H2,3-7H3. The van der Waals surface area contributed by atoms with Gasteiger partial charge in [-0.3, -0.25) is 0 Å². The average Bonchev–Trinajstić information content (AvgIpc) is 2.55. The molecule has 146 valence electrons. The lowest BCUT2D eigenvalue weighted by Crippen LogP contribution is -2.29. The first kappa shape index (κ1) is 22.3. The predicted octanol–water partition coefficient (Wildman–Crippen LogP) is 5.32. The number of hydrogen-bond donors (Lipinski definition) is 0. The highest BCUT2D eigenvalue weighted by atomic mass is 16.5. The molecule has 1 rings (SSSR count). The van der Waals surface area contributed by atoms with Crippen molar-refractivity contribution in [1.29, 1.82) is 0 Å². The van der Waals surface area contributed by atoms with Gasteiger partial charge < -0.3 is 18.9 Å². The van der Waals surface area contributed by atoms with Gasteiger partial charge in [-0.05, 0) is 58.7 Å². The molecule has 1 aromatic rings. The van der Waals surface area contributed by atoms with Crippen molar-refractivity contribution in [1.82, 2.24) is 0 Å². The quantitative estimate of drug-likeness (QED) is 0.472. The monoisotopic (exact) mass is 362 g/mol. The van der Waals surface area contributed by atoms with Gasteiger partial charge in [0.25, 0.3) is 0 Å². The third kappa shape index (κ3) is 9.64. The van der Waals surface area contributed by atoms with Crippen LogP contribution in [0.3, 0.4) is 0 Å². The van der Waals surface area contributed by atoms with Crippen LogP contribution in [0.1, 0.15) is 46.6 Å². The number of ether oxygens (including phenoxy) is 4. The molecule has 0 bridgehead atoms. The zero-order valence-corrected chi connectivity index (χ0v) is 17.0. The van der Waals surface area contributed by atoms with Gasteiger partial charge in [-0.25, -0.2) is 0 Å². The molecule has 0 radical (unpaired) electrons. The van der Waals surface area contributed by atoms with Gasteiger partial charge >= 0.3 is 0 Å². The molecule has 0 saturated heterocycles. The first-order valence-corrected chi connectivity index (χ1v) is 9.04. The second-order valence-electron chi connectivity index (χ2n) is 7.77. The number of rotatable bonds is 12. The van der Waals surface area contributed by atoms with Crippen LogP contribution >= 0.6 is 0 Å². The van der Waals surface area contributed by atoms with Crippen LogP contribution in [0.2, 0.25) is 0 Å².